The van der Waals surface area contributed by atoms with Crippen LogP contribution in [-0.2, 0) is 15.9 Å². The molecule has 0 spiro atoms. The lowest BCUT2D eigenvalue weighted by molar-refractivity contribution is -0.153. The summed E-state index contributed by atoms with van der Waals surface area (Å²) in [7, 11) is 0. The molecule has 116 valence electrons. The Bertz CT molecular complexity index is 534. The summed E-state index contributed by atoms with van der Waals surface area (Å²) in [6.45, 7) is 8.37. The molecule has 0 aliphatic heterocycles. The summed E-state index contributed by atoms with van der Waals surface area (Å²) in [5.74, 6) is 0. The summed E-state index contributed by atoms with van der Waals surface area (Å²) in [5.41, 5.74) is 1.37. The monoisotopic (exact) mass is 307 g/mol. The zero-order valence-electron chi connectivity index (χ0n) is 13.1. The fourth-order valence-electron chi connectivity index (χ4n) is 2.56. The Morgan fingerprint density at radius 1 is 1.10 bits per heavy atom. The van der Waals surface area contributed by atoms with E-state index in [1.165, 1.54) is 15.6 Å². The van der Waals surface area contributed by atoms with Gasteiger partial charge in [0.1, 0.15) is 0 Å². The van der Waals surface area contributed by atoms with E-state index in [0.29, 0.717) is 13.2 Å². The maximum absolute atomic E-state index is 5.78. The second-order valence-corrected chi connectivity index (χ2v) is 5.82. The average Bonchev–Trinajstić information content (AvgIpc) is 2.90. The fraction of sp³-hybridized carbons (Fsp3) is 0.529. The van der Waals surface area contributed by atoms with Crippen molar-refractivity contribution in [3.8, 4) is 0 Å². The van der Waals surface area contributed by atoms with Gasteiger partial charge in [-0.15, -0.1) is 11.3 Å². The van der Waals surface area contributed by atoms with Crippen molar-refractivity contribution in [3.63, 3.8) is 0 Å². The molecule has 3 nitrogen and oxygen atoms in total. The number of hydrogen-bond acceptors (Lipinski definition) is 4. The van der Waals surface area contributed by atoms with Crippen LogP contribution < -0.4 is 5.32 Å². The molecule has 21 heavy (non-hydrogen) atoms. The first-order chi connectivity index (χ1) is 10.3. The summed E-state index contributed by atoms with van der Waals surface area (Å²) in [6, 6.07) is 8.74. The van der Waals surface area contributed by atoms with Crippen LogP contribution in [0, 0.1) is 0 Å². The van der Waals surface area contributed by atoms with Crippen molar-refractivity contribution >= 4 is 21.4 Å². The van der Waals surface area contributed by atoms with Crippen molar-refractivity contribution in [3.05, 3.63) is 35.2 Å². The number of rotatable bonds is 9. The van der Waals surface area contributed by atoms with Gasteiger partial charge in [0.25, 0.3) is 0 Å². The zero-order valence-corrected chi connectivity index (χ0v) is 13.9. The molecule has 0 aliphatic carbocycles. The lowest BCUT2D eigenvalue weighted by Crippen LogP contribution is -2.44. The summed E-state index contributed by atoms with van der Waals surface area (Å²) in [5, 5.41) is 7.11. The molecule has 0 radical (unpaired) electrons. The predicted molar refractivity (Wildman–Crippen MR) is 90.0 cm³/mol. The summed E-state index contributed by atoms with van der Waals surface area (Å²) in [4.78, 5) is 0. The molecule has 0 amide bonds. The highest BCUT2D eigenvalue weighted by atomic mass is 32.1. The van der Waals surface area contributed by atoms with Gasteiger partial charge in [-0.1, -0.05) is 25.1 Å². The Morgan fingerprint density at radius 3 is 2.48 bits per heavy atom. The van der Waals surface area contributed by atoms with E-state index >= 15 is 0 Å². The van der Waals surface area contributed by atoms with Crippen molar-refractivity contribution in [1.29, 1.82) is 0 Å². The van der Waals surface area contributed by atoms with Gasteiger partial charge in [-0.05, 0) is 49.2 Å². The van der Waals surface area contributed by atoms with E-state index in [4.69, 9.17) is 9.47 Å². The lowest BCUT2D eigenvalue weighted by atomic mass is 10.0. The topological polar surface area (TPSA) is 30.5 Å². The van der Waals surface area contributed by atoms with E-state index in [-0.39, 0.29) is 12.3 Å². The molecule has 0 saturated carbocycles. The van der Waals surface area contributed by atoms with Crippen LogP contribution in [0.15, 0.2) is 29.6 Å². The Kier molecular flexibility index (Phi) is 6.64. The number of thiophene rings is 1. The van der Waals surface area contributed by atoms with E-state index in [0.717, 1.165) is 13.0 Å². The molecule has 0 aliphatic rings. The minimum atomic E-state index is -0.196. The second kappa shape index (κ2) is 8.49. The van der Waals surface area contributed by atoms with E-state index in [2.05, 4.69) is 41.9 Å². The maximum Gasteiger partial charge on any atom is 0.172 e. The number of fused-ring (bicyclic) bond motifs is 1. The van der Waals surface area contributed by atoms with Gasteiger partial charge in [0.05, 0.1) is 6.04 Å². The largest absolute Gasteiger partial charge is 0.351 e. The summed E-state index contributed by atoms with van der Waals surface area (Å²) < 4.78 is 12.9. The van der Waals surface area contributed by atoms with Crippen LogP contribution in [-0.4, -0.2) is 32.1 Å². The van der Waals surface area contributed by atoms with Crippen molar-refractivity contribution in [1.82, 2.24) is 5.32 Å². The highest BCUT2D eigenvalue weighted by Gasteiger charge is 2.23. The number of nitrogens with one attached hydrogen (secondary N) is 1. The average molecular weight is 307 g/mol. The lowest BCUT2D eigenvalue weighted by Gasteiger charge is -2.27. The molecule has 1 heterocycles. The van der Waals surface area contributed by atoms with Gasteiger partial charge in [-0.3, -0.25) is 0 Å². The molecular formula is C17H25NO2S. The highest BCUT2D eigenvalue weighted by Crippen LogP contribution is 2.27. The first-order valence-electron chi connectivity index (χ1n) is 7.71. The van der Waals surface area contributed by atoms with Crippen LogP contribution in [0.1, 0.15) is 26.3 Å². The third kappa shape index (κ3) is 4.27. The van der Waals surface area contributed by atoms with Gasteiger partial charge in [0.15, 0.2) is 6.29 Å². The second-order valence-electron chi connectivity index (χ2n) is 4.90. The van der Waals surface area contributed by atoms with Crippen LogP contribution in [0.25, 0.3) is 10.1 Å². The Morgan fingerprint density at radius 2 is 1.81 bits per heavy atom. The summed E-state index contributed by atoms with van der Waals surface area (Å²) in [6.07, 6.45) is 0.723. The van der Waals surface area contributed by atoms with Crippen molar-refractivity contribution in [2.45, 2.75) is 39.5 Å². The first-order valence-corrected chi connectivity index (χ1v) is 8.59. The smallest absolute Gasteiger partial charge is 0.172 e. The third-order valence-electron chi connectivity index (χ3n) is 3.46. The predicted octanol–water partition coefficient (Wildman–Crippen LogP) is 3.82. The minimum absolute atomic E-state index is 0.174. The number of benzene rings is 1. The van der Waals surface area contributed by atoms with E-state index in [1.807, 2.05) is 13.8 Å². The molecule has 0 saturated heterocycles. The Hall–Kier alpha value is -0.940. The SMILES string of the molecule is CCNC(Cc1csc2ccccc12)C(OCC)OCC. The van der Waals surface area contributed by atoms with Crippen molar-refractivity contribution in [2.75, 3.05) is 19.8 Å². The molecule has 2 rings (SSSR count). The minimum Gasteiger partial charge on any atom is -0.351 e. The van der Waals surface area contributed by atoms with Crippen LogP contribution in [0.3, 0.4) is 0 Å². The molecule has 1 atom stereocenters. The van der Waals surface area contributed by atoms with Gasteiger partial charge in [-0.2, -0.15) is 0 Å². The first kappa shape index (κ1) is 16.4. The normalized spacial score (nSPS) is 13.1. The van der Waals surface area contributed by atoms with Crippen LogP contribution in [0.4, 0.5) is 0 Å². The molecule has 1 aromatic carbocycles. The quantitative estimate of drug-likeness (QED) is 0.714. The van der Waals surface area contributed by atoms with E-state index < -0.39 is 0 Å². The highest BCUT2D eigenvalue weighted by molar-refractivity contribution is 7.17. The van der Waals surface area contributed by atoms with Gasteiger partial charge >= 0.3 is 0 Å². The van der Waals surface area contributed by atoms with Crippen molar-refractivity contribution < 1.29 is 9.47 Å². The molecule has 1 N–H and O–H groups in total. The van der Waals surface area contributed by atoms with Gasteiger partial charge in [-0.25, -0.2) is 0 Å². The van der Waals surface area contributed by atoms with Crippen molar-refractivity contribution in [2.24, 2.45) is 0 Å². The van der Waals surface area contributed by atoms with Crippen LogP contribution in [0.5, 0.6) is 0 Å². The van der Waals surface area contributed by atoms with E-state index in [9.17, 15) is 0 Å². The fourth-order valence-corrected chi connectivity index (χ4v) is 3.54. The Balaban J connectivity index is 2.17. The molecule has 1 unspecified atom stereocenters. The Labute approximate surface area is 131 Å². The molecule has 4 heteroatoms. The maximum atomic E-state index is 5.78. The summed E-state index contributed by atoms with van der Waals surface area (Å²) >= 11 is 1.80. The molecule has 0 fully saturated rings. The molecular weight excluding hydrogens is 282 g/mol. The van der Waals surface area contributed by atoms with Crippen LogP contribution >= 0.6 is 11.3 Å². The molecule has 0 bridgehead atoms. The molecule has 1 aromatic heterocycles. The van der Waals surface area contributed by atoms with Gasteiger partial charge < -0.3 is 14.8 Å². The van der Waals surface area contributed by atoms with E-state index in [1.54, 1.807) is 11.3 Å². The number of likely N-dealkylation sites (N-methyl/N-ethyl adjacent to an activating group) is 1. The number of hydrogen-bond donors (Lipinski definition) is 1. The molecule has 2 aromatic rings. The van der Waals surface area contributed by atoms with Gasteiger partial charge in [0.2, 0.25) is 0 Å². The zero-order chi connectivity index (χ0) is 15.1. The standard InChI is InChI=1S/C17H25NO2S/c1-4-18-15(17(19-5-2)20-6-3)11-13-12-21-16-10-8-7-9-14(13)16/h7-10,12,15,17-18H,4-6,11H2,1-3H3. The van der Waals surface area contributed by atoms with Crippen LogP contribution in [0.2, 0.25) is 0 Å². The third-order valence-corrected chi connectivity index (χ3v) is 4.47. The number of ether oxygens (including phenoxy) is 2. The van der Waals surface area contributed by atoms with Gasteiger partial charge in [0, 0.05) is 17.9 Å².